The fraction of sp³-hybridized carbons (Fsp3) is 0.647. The van der Waals surface area contributed by atoms with Crippen LogP contribution in [0.4, 0.5) is 0 Å². The van der Waals surface area contributed by atoms with Gasteiger partial charge in [0.05, 0.1) is 0 Å². The van der Waals surface area contributed by atoms with E-state index in [9.17, 15) is 0 Å². The molecule has 2 saturated carbocycles. The van der Waals surface area contributed by atoms with E-state index in [4.69, 9.17) is 0 Å². The molecule has 1 aromatic rings. The molecule has 18 heavy (non-hydrogen) atoms. The van der Waals surface area contributed by atoms with Gasteiger partial charge in [-0.15, -0.1) is 0 Å². The molecule has 2 unspecified atom stereocenters. The van der Waals surface area contributed by atoms with Crippen LogP contribution in [0.5, 0.6) is 0 Å². The zero-order valence-electron chi connectivity index (χ0n) is 11.7. The first-order valence-electron chi connectivity index (χ1n) is 7.50. The van der Waals surface area contributed by atoms with E-state index in [-0.39, 0.29) is 0 Å². The lowest BCUT2D eigenvalue weighted by molar-refractivity contribution is 0.0933. The van der Waals surface area contributed by atoms with Crippen molar-refractivity contribution in [2.75, 3.05) is 6.54 Å². The minimum Gasteiger partial charge on any atom is -0.314 e. The summed E-state index contributed by atoms with van der Waals surface area (Å²) in [5.41, 5.74) is 2.20. The van der Waals surface area contributed by atoms with Crippen molar-refractivity contribution in [2.24, 2.45) is 11.3 Å². The summed E-state index contributed by atoms with van der Waals surface area (Å²) in [6.45, 7) is 5.75. The van der Waals surface area contributed by atoms with Gasteiger partial charge in [0.15, 0.2) is 0 Å². The van der Waals surface area contributed by atoms with Crippen LogP contribution in [0.25, 0.3) is 0 Å². The van der Waals surface area contributed by atoms with Crippen LogP contribution in [-0.4, -0.2) is 12.6 Å². The molecule has 2 atom stereocenters. The van der Waals surface area contributed by atoms with Crippen LogP contribution >= 0.6 is 0 Å². The molecule has 98 valence electrons. The number of hydrogen-bond acceptors (Lipinski definition) is 1. The van der Waals surface area contributed by atoms with E-state index in [1.165, 1.54) is 32.2 Å². The Morgan fingerprint density at radius 2 is 1.94 bits per heavy atom. The Morgan fingerprint density at radius 1 is 1.22 bits per heavy atom. The number of benzene rings is 1. The van der Waals surface area contributed by atoms with E-state index < -0.39 is 0 Å². The molecule has 0 spiro atoms. The monoisotopic (exact) mass is 243 g/mol. The van der Waals surface area contributed by atoms with Crippen LogP contribution in [0.2, 0.25) is 0 Å². The van der Waals surface area contributed by atoms with Crippen molar-refractivity contribution in [2.45, 2.75) is 51.5 Å². The molecular formula is C17H25N. The molecule has 3 rings (SSSR count). The van der Waals surface area contributed by atoms with E-state index >= 15 is 0 Å². The molecule has 0 amide bonds. The summed E-state index contributed by atoms with van der Waals surface area (Å²) in [6, 6.07) is 11.7. The normalized spacial score (nSPS) is 29.1. The molecule has 2 fully saturated rings. The van der Waals surface area contributed by atoms with Gasteiger partial charge < -0.3 is 5.32 Å². The van der Waals surface area contributed by atoms with Crippen molar-refractivity contribution < 1.29 is 0 Å². The van der Waals surface area contributed by atoms with Crippen LogP contribution < -0.4 is 5.32 Å². The van der Waals surface area contributed by atoms with Crippen LogP contribution in [0, 0.1) is 11.3 Å². The standard InChI is InChI=1S/C17H25N/c1-13(2)18-12-17(9-6-10-17)16-11-15(16)14-7-4-3-5-8-14/h3-5,7-8,13,15-16,18H,6,9-12H2,1-2H3. The largest absolute Gasteiger partial charge is 0.314 e. The van der Waals surface area contributed by atoms with Crippen LogP contribution in [0.3, 0.4) is 0 Å². The molecule has 2 aliphatic rings. The Morgan fingerprint density at radius 3 is 2.50 bits per heavy atom. The van der Waals surface area contributed by atoms with Crippen LogP contribution in [0.1, 0.15) is 51.0 Å². The van der Waals surface area contributed by atoms with E-state index in [0.717, 1.165) is 11.8 Å². The Balaban J connectivity index is 1.65. The van der Waals surface area contributed by atoms with Crippen molar-refractivity contribution in [1.82, 2.24) is 5.32 Å². The van der Waals surface area contributed by atoms with Gasteiger partial charge in [0.25, 0.3) is 0 Å². The maximum Gasteiger partial charge on any atom is 0.00130 e. The van der Waals surface area contributed by atoms with Gasteiger partial charge in [-0.2, -0.15) is 0 Å². The molecule has 0 radical (unpaired) electrons. The second kappa shape index (κ2) is 4.70. The average Bonchev–Trinajstić information content (AvgIpc) is 3.09. The van der Waals surface area contributed by atoms with Crippen molar-refractivity contribution >= 4 is 0 Å². The summed E-state index contributed by atoms with van der Waals surface area (Å²) < 4.78 is 0. The predicted octanol–water partition coefficient (Wildman–Crippen LogP) is 3.96. The zero-order chi connectivity index (χ0) is 12.6. The van der Waals surface area contributed by atoms with Gasteiger partial charge in [-0.3, -0.25) is 0 Å². The molecule has 1 aromatic carbocycles. The summed E-state index contributed by atoms with van der Waals surface area (Å²) in [5.74, 6) is 1.79. The molecular weight excluding hydrogens is 218 g/mol. The zero-order valence-corrected chi connectivity index (χ0v) is 11.7. The summed E-state index contributed by atoms with van der Waals surface area (Å²) in [7, 11) is 0. The van der Waals surface area contributed by atoms with Gasteiger partial charge in [0.1, 0.15) is 0 Å². The smallest absolute Gasteiger partial charge is 0.00130 e. The van der Waals surface area contributed by atoms with E-state index in [0.29, 0.717) is 11.5 Å². The van der Waals surface area contributed by atoms with E-state index in [1.54, 1.807) is 5.56 Å². The maximum atomic E-state index is 3.68. The lowest BCUT2D eigenvalue weighted by Crippen LogP contribution is -2.44. The molecule has 0 aromatic heterocycles. The maximum absolute atomic E-state index is 3.68. The lowest BCUT2D eigenvalue weighted by atomic mass is 9.64. The van der Waals surface area contributed by atoms with Gasteiger partial charge in [-0.05, 0) is 42.1 Å². The summed E-state index contributed by atoms with van der Waals surface area (Å²) >= 11 is 0. The van der Waals surface area contributed by atoms with Crippen LogP contribution in [-0.2, 0) is 0 Å². The van der Waals surface area contributed by atoms with Crippen molar-refractivity contribution in [1.29, 1.82) is 0 Å². The fourth-order valence-electron chi connectivity index (χ4n) is 3.66. The number of nitrogens with one attached hydrogen (secondary N) is 1. The molecule has 0 saturated heterocycles. The Bertz CT molecular complexity index is 391. The lowest BCUT2D eigenvalue weighted by Gasteiger charge is -2.44. The molecule has 0 aliphatic heterocycles. The molecule has 1 heteroatoms. The number of rotatable bonds is 5. The topological polar surface area (TPSA) is 12.0 Å². The van der Waals surface area contributed by atoms with Gasteiger partial charge >= 0.3 is 0 Å². The highest BCUT2D eigenvalue weighted by molar-refractivity contribution is 5.28. The fourth-order valence-corrected chi connectivity index (χ4v) is 3.66. The van der Waals surface area contributed by atoms with Gasteiger partial charge in [0, 0.05) is 12.6 Å². The highest BCUT2D eigenvalue weighted by atomic mass is 14.9. The van der Waals surface area contributed by atoms with Crippen molar-refractivity contribution in [3.8, 4) is 0 Å². The SMILES string of the molecule is CC(C)NCC1(C2CC2c2ccccc2)CCC1. The highest BCUT2D eigenvalue weighted by Gasteiger charge is 2.55. The molecule has 2 aliphatic carbocycles. The van der Waals surface area contributed by atoms with Gasteiger partial charge in [0.2, 0.25) is 0 Å². The number of hydrogen-bond donors (Lipinski definition) is 1. The van der Waals surface area contributed by atoms with Crippen molar-refractivity contribution in [3.63, 3.8) is 0 Å². The predicted molar refractivity (Wildman–Crippen MR) is 76.7 cm³/mol. The second-order valence-electron chi connectivity index (χ2n) is 6.61. The Labute approximate surface area is 111 Å². The summed E-state index contributed by atoms with van der Waals surface area (Å²) in [5, 5.41) is 3.68. The molecule has 0 bridgehead atoms. The van der Waals surface area contributed by atoms with E-state index in [2.05, 4.69) is 49.5 Å². The third kappa shape index (κ3) is 2.21. The third-order valence-electron chi connectivity index (χ3n) is 5.02. The van der Waals surface area contributed by atoms with E-state index in [1.807, 2.05) is 0 Å². The third-order valence-corrected chi connectivity index (χ3v) is 5.02. The second-order valence-corrected chi connectivity index (χ2v) is 6.61. The summed E-state index contributed by atoms with van der Waals surface area (Å²) in [4.78, 5) is 0. The van der Waals surface area contributed by atoms with Gasteiger partial charge in [-0.25, -0.2) is 0 Å². The molecule has 1 N–H and O–H groups in total. The first kappa shape index (κ1) is 12.2. The minimum atomic E-state index is 0.622. The quantitative estimate of drug-likeness (QED) is 0.825. The minimum absolute atomic E-state index is 0.622. The van der Waals surface area contributed by atoms with Gasteiger partial charge in [-0.1, -0.05) is 50.6 Å². The first-order valence-corrected chi connectivity index (χ1v) is 7.50. The van der Waals surface area contributed by atoms with Crippen LogP contribution in [0.15, 0.2) is 30.3 Å². The first-order chi connectivity index (χ1) is 8.71. The average molecular weight is 243 g/mol. The molecule has 0 heterocycles. The van der Waals surface area contributed by atoms with Crippen molar-refractivity contribution in [3.05, 3.63) is 35.9 Å². The summed E-state index contributed by atoms with van der Waals surface area (Å²) in [6.07, 6.45) is 5.75. The molecule has 1 nitrogen and oxygen atoms in total. The Hall–Kier alpha value is -0.820. The Kier molecular flexibility index (Phi) is 3.19. The highest BCUT2D eigenvalue weighted by Crippen LogP contribution is 2.63.